The molecule has 2 aromatic carbocycles. The highest BCUT2D eigenvalue weighted by Gasteiger charge is 2.42. The first-order chi connectivity index (χ1) is 15.5. The van der Waals surface area contributed by atoms with E-state index in [1.165, 1.54) is 0 Å². The van der Waals surface area contributed by atoms with Gasteiger partial charge >= 0.3 is 0 Å². The minimum atomic E-state index is -0.486. The first-order valence-electron chi connectivity index (χ1n) is 11.0. The van der Waals surface area contributed by atoms with Crippen molar-refractivity contribution in [3.63, 3.8) is 0 Å². The van der Waals surface area contributed by atoms with E-state index in [4.69, 9.17) is 20.8 Å². The van der Waals surface area contributed by atoms with E-state index in [2.05, 4.69) is 4.90 Å². The number of hydrogen-bond donors (Lipinski definition) is 0. The Labute approximate surface area is 191 Å². The van der Waals surface area contributed by atoms with Gasteiger partial charge in [0.05, 0.1) is 30.2 Å². The van der Waals surface area contributed by atoms with Gasteiger partial charge in [-0.15, -0.1) is 0 Å². The third kappa shape index (κ3) is 3.83. The number of benzene rings is 2. The normalized spacial score (nSPS) is 19.0. The molecule has 32 heavy (non-hydrogen) atoms. The molecule has 2 aliphatic heterocycles. The molecule has 0 saturated carbocycles. The third-order valence-corrected chi connectivity index (χ3v) is 6.54. The zero-order chi connectivity index (χ0) is 22.2. The van der Waals surface area contributed by atoms with Crippen LogP contribution in [0, 0.1) is 6.92 Å². The van der Waals surface area contributed by atoms with Crippen LogP contribution in [-0.4, -0.2) is 55.1 Å². The van der Waals surface area contributed by atoms with Crippen LogP contribution in [0.1, 0.15) is 39.7 Å². The number of carbonyl (C=O) groups excluding carboxylic acids is 1. The van der Waals surface area contributed by atoms with E-state index in [9.17, 15) is 9.59 Å². The molecule has 2 aliphatic rings. The van der Waals surface area contributed by atoms with Gasteiger partial charge in [-0.05, 0) is 43.2 Å². The minimum absolute atomic E-state index is 0.145. The Bertz CT molecular complexity index is 1220. The second kappa shape index (κ2) is 8.70. The SMILES string of the molecule is Cc1ccc2oc3c(c(=O)c2c1)[C@@H](c1ccc(Cl)cc1)N(CCCN1CCOCC1)C3=O. The van der Waals surface area contributed by atoms with E-state index in [0.717, 1.165) is 50.4 Å². The monoisotopic (exact) mass is 452 g/mol. The fourth-order valence-corrected chi connectivity index (χ4v) is 4.77. The van der Waals surface area contributed by atoms with E-state index in [-0.39, 0.29) is 17.1 Å². The summed E-state index contributed by atoms with van der Waals surface area (Å²) in [6, 6.07) is 12.3. The predicted octanol–water partition coefficient (Wildman–Crippen LogP) is 4.02. The van der Waals surface area contributed by atoms with Crippen LogP contribution in [0.15, 0.2) is 51.7 Å². The lowest BCUT2D eigenvalue weighted by Crippen LogP contribution is -2.38. The summed E-state index contributed by atoms with van der Waals surface area (Å²) in [5.74, 6) is -0.0841. The van der Waals surface area contributed by atoms with Crippen LogP contribution < -0.4 is 5.43 Å². The van der Waals surface area contributed by atoms with Crippen molar-refractivity contribution < 1.29 is 13.9 Å². The topological polar surface area (TPSA) is 63.0 Å². The fourth-order valence-electron chi connectivity index (χ4n) is 4.65. The summed E-state index contributed by atoms with van der Waals surface area (Å²) in [5.41, 5.74) is 2.54. The van der Waals surface area contributed by atoms with Gasteiger partial charge in [-0.1, -0.05) is 35.4 Å². The molecule has 5 rings (SSSR count). The number of amides is 1. The van der Waals surface area contributed by atoms with E-state index >= 15 is 0 Å². The Morgan fingerprint density at radius 1 is 1.03 bits per heavy atom. The van der Waals surface area contributed by atoms with Gasteiger partial charge in [0, 0.05) is 31.2 Å². The number of nitrogens with zero attached hydrogens (tertiary/aromatic N) is 2. The van der Waals surface area contributed by atoms with E-state index in [1.54, 1.807) is 23.1 Å². The van der Waals surface area contributed by atoms with Gasteiger partial charge in [0.1, 0.15) is 5.58 Å². The Balaban J connectivity index is 1.53. The average Bonchev–Trinajstić information content (AvgIpc) is 3.08. The molecule has 1 aromatic heterocycles. The zero-order valence-electron chi connectivity index (χ0n) is 18.0. The van der Waals surface area contributed by atoms with E-state index < -0.39 is 6.04 Å². The Kier molecular flexibility index (Phi) is 5.76. The molecule has 3 aromatic rings. The van der Waals surface area contributed by atoms with E-state index in [1.807, 2.05) is 31.2 Å². The lowest BCUT2D eigenvalue weighted by Gasteiger charge is -2.29. The van der Waals surface area contributed by atoms with Crippen molar-refractivity contribution in [2.45, 2.75) is 19.4 Å². The molecule has 1 saturated heterocycles. The highest BCUT2D eigenvalue weighted by Crippen LogP contribution is 2.38. The van der Waals surface area contributed by atoms with Crippen molar-refractivity contribution in [3.8, 4) is 0 Å². The number of aryl methyl sites for hydroxylation is 1. The first-order valence-corrected chi connectivity index (χ1v) is 11.3. The maximum absolute atomic E-state index is 13.5. The van der Waals surface area contributed by atoms with E-state index in [0.29, 0.717) is 28.1 Å². The lowest BCUT2D eigenvalue weighted by atomic mass is 9.98. The number of hydrogen-bond acceptors (Lipinski definition) is 5. The molecular weight excluding hydrogens is 428 g/mol. The van der Waals surface area contributed by atoms with Gasteiger partial charge in [-0.3, -0.25) is 14.5 Å². The average molecular weight is 453 g/mol. The largest absolute Gasteiger partial charge is 0.450 e. The summed E-state index contributed by atoms with van der Waals surface area (Å²) >= 11 is 6.10. The second-order valence-corrected chi connectivity index (χ2v) is 8.87. The molecule has 0 spiro atoms. The van der Waals surface area contributed by atoms with Crippen LogP contribution >= 0.6 is 11.6 Å². The summed E-state index contributed by atoms with van der Waals surface area (Å²) < 4.78 is 11.4. The quantitative estimate of drug-likeness (QED) is 0.585. The lowest BCUT2D eigenvalue weighted by molar-refractivity contribution is 0.0353. The molecule has 166 valence electrons. The molecule has 3 heterocycles. The van der Waals surface area contributed by atoms with Crippen LogP contribution in [0.5, 0.6) is 0 Å². The zero-order valence-corrected chi connectivity index (χ0v) is 18.7. The molecule has 0 N–H and O–H groups in total. The van der Waals surface area contributed by atoms with Crippen LogP contribution in [0.4, 0.5) is 0 Å². The number of fused-ring (bicyclic) bond motifs is 2. The van der Waals surface area contributed by atoms with Crippen molar-refractivity contribution >= 4 is 28.5 Å². The first kappa shape index (κ1) is 21.2. The minimum Gasteiger partial charge on any atom is -0.450 e. The summed E-state index contributed by atoms with van der Waals surface area (Å²) in [6.45, 7) is 6.63. The number of carbonyl (C=O) groups is 1. The van der Waals surface area contributed by atoms with Crippen LogP contribution in [-0.2, 0) is 4.74 Å². The fraction of sp³-hybridized carbons (Fsp3) is 0.360. The van der Waals surface area contributed by atoms with Gasteiger partial charge in [-0.25, -0.2) is 0 Å². The number of morpholine rings is 1. The highest BCUT2D eigenvalue weighted by atomic mass is 35.5. The van der Waals surface area contributed by atoms with Crippen molar-refractivity contribution in [2.24, 2.45) is 0 Å². The molecule has 0 aliphatic carbocycles. The Hall–Kier alpha value is -2.67. The summed E-state index contributed by atoms with van der Waals surface area (Å²) in [7, 11) is 0. The molecule has 1 amide bonds. The molecule has 1 fully saturated rings. The van der Waals surface area contributed by atoms with Gasteiger partial charge in [-0.2, -0.15) is 0 Å². The molecule has 1 atom stereocenters. The van der Waals surface area contributed by atoms with Gasteiger partial charge in [0.2, 0.25) is 5.76 Å². The second-order valence-electron chi connectivity index (χ2n) is 8.43. The molecule has 0 radical (unpaired) electrons. The summed E-state index contributed by atoms with van der Waals surface area (Å²) in [6.07, 6.45) is 0.802. The Morgan fingerprint density at radius 3 is 2.53 bits per heavy atom. The summed E-state index contributed by atoms with van der Waals surface area (Å²) in [5, 5.41) is 1.11. The molecule has 6 nitrogen and oxygen atoms in total. The van der Waals surface area contributed by atoms with Gasteiger partial charge in [0.15, 0.2) is 5.43 Å². The molecular formula is C25H25ClN2O4. The van der Waals surface area contributed by atoms with Crippen molar-refractivity contribution in [2.75, 3.05) is 39.4 Å². The van der Waals surface area contributed by atoms with Crippen LogP contribution in [0.25, 0.3) is 11.0 Å². The third-order valence-electron chi connectivity index (χ3n) is 6.28. The van der Waals surface area contributed by atoms with Crippen LogP contribution in [0.2, 0.25) is 5.02 Å². The van der Waals surface area contributed by atoms with Crippen molar-refractivity contribution in [1.82, 2.24) is 9.80 Å². The molecule has 0 bridgehead atoms. The van der Waals surface area contributed by atoms with Crippen molar-refractivity contribution in [1.29, 1.82) is 0 Å². The highest BCUT2D eigenvalue weighted by molar-refractivity contribution is 6.30. The number of ether oxygens (including phenoxy) is 1. The standard InChI is InChI=1S/C25H25ClN2O4/c1-16-3-8-20-19(15-16)23(29)21-22(17-4-6-18(26)7-5-17)28(25(30)24(21)32-20)10-2-9-27-11-13-31-14-12-27/h3-8,15,22H,2,9-14H2,1H3/t22-/m1/s1. The Morgan fingerprint density at radius 2 is 1.78 bits per heavy atom. The number of halogens is 1. The predicted molar refractivity (Wildman–Crippen MR) is 123 cm³/mol. The van der Waals surface area contributed by atoms with Gasteiger partial charge in [0.25, 0.3) is 5.91 Å². The number of rotatable bonds is 5. The maximum atomic E-state index is 13.5. The molecule has 7 heteroatoms. The van der Waals surface area contributed by atoms with Crippen molar-refractivity contribution in [3.05, 3.63) is 80.2 Å². The van der Waals surface area contributed by atoms with Crippen LogP contribution in [0.3, 0.4) is 0 Å². The van der Waals surface area contributed by atoms with Gasteiger partial charge < -0.3 is 14.1 Å². The molecule has 0 unspecified atom stereocenters. The summed E-state index contributed by atoms with van der Waals surface area (Å²) in [4.78, 5) is 31.1. The maximum Gasteiger partial charge on any atom is 0.290 e. The smallest absolute Gasteiger partial charge is 0.290 e.